The SMILES string of the molecule is OC1=C2C=C3OCOC3CC2CN=C1. The Morgan fingerprint density at radius 3 is 3.36 bits per heavy atom. The minimum atomic E-state index is 0.0739. The molecular formula is C10H11NO3. The molecule has 4 nitrogen and oxygen atoms in total. The first-order valence-electron chi connectivity index (χ1n) is 4.73. The number of ether oxygens (including phenoxy) is 2. The molecule has 1 N–H and O–H groups in total. The van der Waals surface area contributed by atoms with Crippen molar-refractivity contribution < 1.29 is 14.6 Å². The molecule has 14 heavy (non-hydrogen) atoms. The van der Waals surface area contributed by atoms with Gasteiger partial charge in [0.2, 0.25) is 0 Å². The number of aliphatic hydroxyl groups is 1. The molecule has 0 aromatic carbocycles. The van der Waals surface area contributed by atoms with Gasteiger partial charge in [-0.25, -0.2) is 0 Å². The van der Waals surface area contributed by atoms with Crippen LogP contribution in [-0.2, 0) is 9.47 Å². The van der Waals surface area contributed by atoms with Crippen molar-refractivity contribution in [3.8, 4) is 0 Å². The quantitative estimate of drug-likeness (QED) is 0.628. The maximum absolute atomic E-state index is 9.61. The fraction of sp³-hybridized carbons (Fsp3) is 0.500. The summed E-state index contributed by atoms with van der Waals surface area (Å²) in [6, 6.07) is 0. The van der Waals surface area contributed by atoms with Gasteiger partial charge in [-0.05, 0) is 12.5 Å². The zero-order chi connectivity index (χ0) is 9.54. The lowest BCUT2D eigenvalue weighted by Crippen LogP contribution is -2.25. The fourth-order valence-electron chi connectivity index (χ4n) is 2.13. The van der Waals surface area contributed by atoms with Crippen molar-refractivity contribution in [3.05, 3.63) is 23.2 Å². The van der Waals surface area contributed by atoms with Crippen molar-refractivity contribution in [1.29, 1.82) is 0 Å². The molecule has 1 aliphatic carbocycles. The van der Waals surface area contributed by atoms with E-state index in [1.54, 1.807) is 0 Å². The number of allylic oxidation sites excluding steroid dienone is 2. The summed E-state index contributed by atoms with van der Waals surface area (Å²) in [4.78, 5) is 4.10. The first kappa shape index (κ1) is 8.05. The van der Waals surface area contributed by atoms with Crippen molar-refractivity contribution in [2.75, 3.05) is 13.3 Å². The molecule has 0 spiro atoms. The van der Waals surface area contributed by atoms with Crippen LogP contribution in [0.2, 0.25) is 0 Å². The molecular weight excluding hydrogens is 182 g/mol. The zero-order valence-electron chi connectivity index (χ0n) is 7.64. The average molecular weight is 193 g/mol. The Kier molecular flexibility index (Phi) is 1.64. The number of fused-ring (bicyclic) bond motifs is 2. The van der Waals surface area contributed by atoms with E-state index in [1.807, 2.05) is 6.08 Å². The summed E-state index contributed by atoms with van der Waals surface area (Å²) < 4.78 is 10.7. The molecule has 0 aromatic heterocycles. The van der Waals surface area contributed by atoms with Crippen molar-refractivity contribution >= 4 is 6.21 Å². The van der Waals surface area contributed by atoms with Gasteiger partial charge in [0.25, 0.3) is 0 Å². The van der Waals surface area contributed by atoms with Crippen LogP contribution in [-0.4, -0.2) is 30.8 Å². The van der Waals surface area contributed by atoms with Crippen LogP contribution >= 0.6 is 0 Å². The number of hydrogen-bond acceptors (Lipinski definition) is 4. The monoisotopic (exact) mass is 193 g/mol. The Morgan fingerprint density at radius 1 is 1.50 bits per heavy atom. The molecule has 0 aromatic rings. The van der Waals surface area contributed by atoms with E-state index in [9.17, 15) is 5.11 Å². The molecule has 1 fully saturated rings. The average Bonchev–Trinajstić information content (AvgIpc) is 2.62. The second-order valence-corrected chi connectivity index (χ2v) is 3.73. The Balaban J connectivity index is 2.03. The van der Waals surface area contributed by atoms with E-state index >= 15 is 0 Å². The molecule has 0 radical (unpaired) electrons. The third-order valence-corrected chi connectivity index (χ3v) is 2.88. The van der Waals surface area contributed by atoms with E-state index in [0.29, 0.717) is 6.79 Å². The van der Waals surface area contributed by atoms with Gasteiger partial charge in [0, 0.05) is 18.0 Å². The van der Waals surface area contributed by atoms with Gasteiger partial charge >= 0.3 is 0 Å². The fourth-order valence-corrected chi connectivity index (χ4v) is 2.13. The highest BCUT2D eigenvalue weighted by Crippen LogP contribution is 2.36. The molecule has 1 saturated heterocycles. The smallest absolute Gasteiger partial charge is 0.189 e. The van der Waals surface area contributed by atoms with E-state index in [2.05, 4.69) is 4.99 Å². The summed E-state index contributed by atoms with van der Waals surface area (Å²) in [6.07, 6.45) is 4.35. The number of rotatable bonds is 0. The summed E-state index contributed by atoms with van der Waals surface area (Å²) in [5.41, 5.74) is 0.941. The molecule has 0 saturated carbocycles. The molecule has 3 rings (SSSR count). The minimum absolute atomic E-state index is 0.0739. The van der Waals surface area contributed by atoms with E-state index < -0.39 is 0 Å². The summed E-state index contributed by atoms with van der Waals surface area (Å²) >= 11 is 0. The van der Waals surface area contributed by atoms with Crippen molar-refractivity contribution in [2.24, 2.45) is 10.9 Å². The van der Waals surface area contributed by atoms with Gasteiger partial charge in [0.1, 0.15) is 17.6 Å². The van der Waals surface area contributed by atoms with Crippen LogP contribution in [0.1, 0.15) is 6.42 Å². The zero-order valence-corrected chi connectivity index (χ0v) is 7.64. The normalized spacial score (nSPS) is 34.7. The summed E-state index contributed by atoms with van der Waals surface area (Å²) in [5.74, 6) is 1.40. The first-order chi connectivity index (χ1) is 6.84. The molecule has 2 unspecified atom stereocenters. The van der Waals surface area contributed by atoms with Gasteiger partial charge in [-0.15, -0.1) is 0 Å². The van der Waals surface area contributed by atoms with Crippen LogP contribution in [0.15, 0.2) is 28.2 Å². The predicted octanol–water partition coefficient (Wildman–Crippen LogP) is 1.16. The number of aliphatic imine (C=N–C) groups is 1. The highest BCUT2D eigenvalue weighted by Gasteiger charge is 2.35. The molecule has 0 bridgehead atoms. The molecule has 2 heterocycles. The Hall–Kier alpha value is -1.29. The molecule has 74 valence electrons. The van der Waals surface area contributed by atoms with Crippen LogP contribution in [0.25, 0.3) is 0 Å². The second-order valence-electron chi connectivity index (χ2n) is 3.73. The van der Waals surface area contributed by atoms with Gasteiger partial charge in [-0.3, -0.25) is 4.99 Å². The van der Waals surface area contributed by atoms with Crippen molar-refractivity contribution in [3.63, 3.8) is 0 Å². The summed E-state index contributed by atoms with van der Waals surface area (Å²) in [7, 11) is 0. The van der Waals surface area contributed by atoms with Crippen molar-refractivity contribution in [2.45, 2.75) is 12.5 Å². The van der Waals surface area contributed by atoms with E-state index in [0.717, 1.165) is 24.3 Å². The van der Waals surface area contributed by atoms with E-state index in [4.69, 9.17) is 9.47 Å². The Labute approximate surface area is 81.5 Å². The summed E-state index contributed by atoms with van der Waals surface area (Å²) in [6.45, 7) is 1.07. The topological polar surface area (TPSA) is 51.0 Å². The van der Waals surface area contributed by atoms with E-state index in [-0.39, 0.29) is 17.8 Å². The molecule has 2 aliphatic heterocycles. The Bertz CT molecular complexity index is 356. The van der Waals surface area contributed by atoms with Gasteiger partial charge < -0.3 is 14.6 Å². The highest BCUT2D eigenvalue weighted by atomic mass is 16.7. The standard InChI is InChI=1S/C10H11NO3/c12-8-4-11-3-6-1-9-10(2-7(6)8)14-5-13-9/h2,4,6,9,12H,1,3,5H2. The molecule has 2 atom stereocenters. The number of dihydropyridines is 1. The first-order valence-corrected chi connectivity index (χ1v) is 4.73. The number of nitrogens with zero attached hydrogens (tertiary/aromatic N) is 1. The van der Waals surface area contributed by atoms with Crippen LogP contribution in [0, 0.1) is 5.92 Å². The summed E-state index contributed by atoms with van der Waals surface area (Å²) in [5, 5.41) is 9.61. The van der Waals surface area contributed by atoms with Gasteiger partial charge in [0.15, 0.2) is 6.79 Å². The lowest BCUT2D eigenvalue weighted by Gasteiger charge is -2.26. The Morgan fingerprint density at radius 2 is 2.43 bits per heavy atom. The van der Waals surface area contributed by atoms with E-state index in [1.165, 1.54) is 6.21 Å². The van der Waals surface area contributed by atoms with Gasteiger partial charge in [-0.2, -0.15) is 0 Å². The maximum Gasteiger partial charge on any atom is 0.189 e. The van der Waals surface area contributed by atoms with Gasteiger partial charge in [0.05, 0.1) is 6.21 Å². The van der Waals surface area contributed by atoms with Crippen LogP contribution in [0.5, 0.6) is 0 Å². The van der Waals surface area contributed by atoms with Crippen LogP contribution < -0.4 is 0 Å². The van der Waals surface area contributed by atoms with Crippen LogP contribution in [0.3, 0.4) is 0 Å². The molecule has 3 aliphatic rings. The lowest BCUT2D eigenvalue weighted by atomic mass is 9.85. The second kappa shape index (κ2) is 2.85. The van der Waals surface area contributed by atoms with Gasteiger partial charge in [-0.1, -0.05) is 0 Å². The minimum Gasteiger partial charge on any atom is -0.506 e. The third kappa shape index (κ3) is 1.07. The molecule has 4 heteroatoms. The largest absolute Gasteiger partial charge is 0.506 e. The highest BCUT2D eigenvalue weighted by molar-refractivity contribution is 5.79. The number of aliphatic hydroxyl groups excluding tert-OH is 1. The predicted molar refractivity (Wildman–Crippen MR) is 50.0 cm³/mol. The molecule has 0 amide bonds. The number of hydrogen-bond donors (Lipinski definition) is 1. The van der Waals surface area contributed by atoms with Crippen molar-refractivity contribution in [1.82, 2.24) is 0 Å². The lowest BCUT2D eigenvalue weighted by molar-refractivity contribution is 0.0440. The van der Waals surface area contributed by atoms with Crippen LogP contribution in [0.4, 0.5) is 0 Å². The third-order valence-electron chi connectivity index (χ3n) is 2.88. The maximum atomic E-state index is 9.61.